The molecule has 23 heavy (non-hydrogen) atoms. The van der Waals surface area contributed by atoms with Gasteiger partial charge in [-0.25, -0.2) is 0 Å². The van der Waals surface area contributed by atoms with Gasteiger partial charge in [0.1, 0.15) is 5.71 Å². The van der Waals surface area contributed by atoms with Crippen LogP contribution in [0, 0.1) is 11.8 Å². The highest BCUT2D eigenvalue weighted by Gasteiger charge is 2.42. The van der Waals surface area contributed by atoms with Crippen molar-refractivity contribution in [3.8, 4) is 0 Å². The molecular weight excluding hydrogens is 355 g/mol. The molecule has 2 aliphatic rings. The molecule has 6 heteroatoms. The van der Waals surface area contributed by atoms with E-state index in [4.69, 9.17) is 34.8 Å². The minimum absolute atomic E-state index is 0.0347. The minimum Gasteiger partial charge on any atom is -0.274 e. The van der Waals surface area contributed by atoms with Crippen LogP contribution in [0.15, 0.2) is 47.6 Å². The van der Waals surface area contributed by atoms with Crippen LogP contribution in [0.2, 0.25) is 10.0 Å². The molecule has 3 nitrogen and oxygen atoms in total. The lowest BCUT2D eigenvalue weighted by molar-refractivity contribution is -0.106. The summed E-state index contributed by atoms with van der Waals surface area (Å²) < 4.78 is 0. The Morgan fingerprint density at radius 2 is 2.09 bits per heavy atom. The molecule has 1 aromatic rings. The van der Waals surface area contributed by atoms with Gasteiger partial charge >= 0.3 is 0 Å². The standard InChI is InChI=1S/C17H15Cl3N2O/c1-10-15(11-5-3-2-4-6-11)16(17(20)23)21-22(10)14-8-7-12(18)9-13(14)19/h2-5,7-11,15H,6H2,1H3/t10-,11?,15+/m0/s1. The number of hydrazone groups is 1. The highest BCUT2D eigenvalue weighted by molar-refractivity contribution is 6.82. The van der Waals surface area contributed by atoms with Crippen LogP contribution in [-0.4, -0.2) is 17.0 Å². The first-order valence-corrected chi connectivity index (χ1v) is 8.48. The van der Waals surface area contributed by atoms with Crippen LogP contribution in [0.25, 0.3) is 0 Å². The van der Waals surface area contributed by atoms with Gasteiger partial charge in [0.05, 0.1) is 16.8 Å². The molecular formula is C17H15Cl3N2O. The first kappa shape index (κ1) is 16.6. The van der Waals surface area contributed by atoms with Gasteiger partial charge < -0.3 is 0 Å². The molecule has 1 heterocycles. The molecule has 0 spiro atoms. The van der Waals surface area contributed by atoms with Gasteiger partial charge in [-0.05, 0) is 49.1 Å². The second-order valence-corrected chi connectivity index (χ2v) is 6.87. The van der Waals surface area contributed by atoms with Gasteiger partial charge in [0.15, 0.2) is 0 Å². The molecule has 0 bridgehead atoms. The third kappa shape index (κ3) is 3.18. The fourth-order valence-electron chi connectivity index (χ4n) is 3.19. The van der Waals surface area contributed by atoms with Crippen molar-refractivity contribution < 1.29 is 4.79 Å². The summed E-state index contributed by atoms with van der Waals surface area (Å²) in [5, 5.41) is 6.77. The van der Waals surface area contributed by atoms with Crippen LogP contribution in [0.4, 0.5) is 5.69 Å². The van der Waals surface area contributed by atoms with Gasteiger partial charge in [0.2, 0.25) is 0 Å². The average molecular weight is 370 g/mol. The van der Waals surface area contributed by atoms with Gasteiger partial charge in [0.25, 0.3) is 5.24 Å². The topological polar surface area (TPSA) is 32.7 Å². The summed E-state index contributed by atoms with van der Waals surface area (Å²) in [6.07, 6.45) is 9.05. The van der Waals surface area contributed by atoms with E-state index >= 15 is 0 Å². The molecule has 1 aromatic carbocycles. The molecule has 0 saturated carbocycles. The number of hydrogen-bond donors (Lipinski definition) is 0. The SMILES string of the molecule is C[C@H]1[C@H](C2C=CC=CC2)C(C(=O)Cl)=NN1c1ccc(Cl)cc1Cl. The van der Waals surface area contributed by atoms with Gasteiger partial charge in [-0.3, -0.25) is 9.80 Å². The van der Waals surface area contributed by atoms with E-state index in [1.54, 1.807) is 23.2 Å². The zero-order chi connectivity index (χ0) is 16.6. The van der Waals surface area contributed by atoms with Crippen molar-refractivity contribution in [2.24, 2.45) is 16.9 Å². The van der Waals surface area contributed by atoms with Gasteiger partial charge in [-0.1, -0.05) is 47.5 Å². The van der Waals surface area contributed by atoms with Crippen molar-refractivity contribution in [3.05, 3.63) is 52.5 Å². The summed E-state index contributed by atoms with van der Waals surface area (Å²) >= 11 is 18.0. The number of benzene rings is 1. The average Bonchev–Trinajstić information content (AvgIpc) is 2.86. The Kier molecular flexibility index (Phi) is 4.81. The van der Waals surface area contributed by atoms with Crippen molar-refractivity contribution in [2.45, 2.75) is 19.4 Å². The molecule has 1 aliphatic heterocycles. The van der Waals surface area contributed by atoms with Crippen molar-refractivity contribution in [1.82, 2.24) is 0 Å². The van der Waals surface area contributed by atoms with Crippen molar-refractivity contribution >= 4 is 51.4 Å². The highest BCUT2D eigenvalue weighted by atomic mass is 35.5. The molecule has 0 radical (unpaired) electrons. The molecule has 1 aliphatic carbocycles. The number of hydrogen-bond acceptors (Lipinski definition) is 3. The zero-order valence-electron chi connectivity index (χ0n) is 12.4. The van der Waals surface area contributed by atoms with Gasteiger partial charge in [-0.15, -0.1) is 0 Å². The lowest BCUT2D eigenvalue weighted by Gasteiger charge is -2.29. The summed E-state index contributed by atoms with van der Waals surface area (Å²) in [4.78, 5) is 11.9. The molecule has 0 saturated heterocycles. The van der Waals surface area contributed by atoms with Crippen molar-refractivity contribution in [2.75, 3.05) is 5.01 Å². The first-order chi connectivity index (χ1) is 11.0. The molecule has 0 aromatic heterocycles. The summed E-state index contributed by atoms with van der Waals surface area (Å²) in [7, 11) is 0. The van der Waals surface area contributed by atoms with Gasteiger partial charge in [-0.2, -0.15) is 5.10 Å². The van der Waals surface area contributed by atoms with Crippen LogP contribution in [0.3, 0.4) is 0 Å². The third-order valence-corrected chi connectivity index (χ3v) is 5.00. The molecule has 1 unspecified atom stereocenters. The van der Waals surface area contributed by atoms with E-state index in [-0.39, 0.29) is 17.9 Å². The zero-order valence-corrected chi connectivity index (χ0v) is 14.7. The Morgan fingerprint density at radius 3 is 2.70 bits per heavy atom. The smallest absolute Gasteiger partial charge is 0.268 e. The van der Waals surface area contributed by atoms with Crippen LogP contribution in [0.5, 0.6) is 0 Å². The molecule has 3 atom stereocenters. The van der Waals surface area contributed by atoms with E-state index in [1.807, 2.05) is 19.1 Å². The lowest BCUT2D eigenvalue weighted by atomic mass is 9.80. The number of anilines is 1. The fourth-order valence-corrected chi connectivity index (χ4v) is 3.85. The maximum absolute atomic E-state index is 11.9. The molecule has 0 amide bonds. The Balaban J connectivity index is 1.98. The number of allylic oxidation sites excluding steroid dienone is 4. The predicted molar refractivity (Wildman–Crippen MR) is 96.6 cm³/mol. The number of halogens is 3. The van der Waals surface area contributed by atoms with E-state index in [0.717, 1.165) is 12.1 Å². The Hall–Kier alpha value is -1.29. The van der Waals surface area contributed by atoms with Crippen LogP contribution >= 0.6 is 34.8 Å². The van der Waals surface area contributed by atoms with E-state index < -0.39 is 5.24 Å². The highest BCUT2D eigenvalue weighted by Crippen LogP contribution is 2.39. The second-order valence-electron chi connectivity index (χ2n) is 5.68. The lowest BCUT2D eigenvalue weighted by Crippen LogP contribution is -2.36. The van der Waals surface area contributed by atoms with Gasteiger partial charge in [0, 0.05) is 10.9 Å². The van der Waals surface area contributed by atoms with Crippen molar-refractivity contribution in [3.63, 3.8) is 0 Å². The van der Waals surface area contributed by atoms with E-state index in [1.165, 1.54) is 0 Å². The van der Waals surface area contributed by atoms with Crippen LogP contribution in [0.1, 0.15) is 13.3 Å². The van der Waals surface area contributed by atoms with E-state index in [2.05, 4.69) is 17.3 Å². The second kappa shape index (κ2) is 6.68. The minimum atomic E-state index is -0.516. The molecule has 3 rings (SSSR count). The monoisotopic (exact) mass is 368 g/mol. The molecule has 120 valence electrons. The summed E-state index contributed by atoms with van der Waals surface area (Å²) in [6.45, 7) is 2.03. The number of nitrogens with zero attached hydrogens (tertiary/aromatic N) is 2. The number of carbonyl (C=O) groups is 1. The fraction of sp³-hybridized carbons (Fsp3) is 0.294. The van der Waals surface area contributed by atoms with E-state index in [0.29, 0.717) is 15.8 Å². The normalized spacial score (nSPS) is 26.5. The van der Waals surface area contributed by atoms with Crippen molar-refractivity contribution in [1.29, 1.82) is 0 Å². The first-order valence-electron chi connectivity index (χ1n) is 7.35. The predicted octanol–water partition coefficient (Wildman–Crippen LogP) is 5.07. The summed E-state index contributed by atoms with van der Waals surface area (Å²) in [6, 6.07) is 5.19. The third-order valence-electron chi connectivity index (χ3n) is 4.27. The van der Waals surface area contributed by atoms with Crippen LogP contribution in [-0.2, 0) is 4.79 Å². The summed E-state index contributed by atoms with van der Waals surface area (Å²) in [5.74, 6) is 0.112. The Labute approximate surface area is 150 Å². The maximum atomic E-state index is 11.9. The molecule has 0 fully saturated rings. The van der Waals surface area contributed by atoms with Crippen LogP contribution < -0.4 is 5.01 Å². The Morgan fingerprint density at radius 1 is 1.30 bits per heavy atom. The number of carbonyl (C=O) groups excluding carboxylic acids is 1. The Bertz CT molecular complexity index is 727. The molecule has 0 N–H and O–H groups in total. The maximum Gasteiger partial charge on any atom is 0.268 e. The summed E-state index contributed by atoms with van der Waals surface area (Å²) in [5.41, 5.74) is 1.10. The quantitative estimate of drug-likeness (QED) is 0.697. The number of rotatable bonds is 3. The largest absolute Gasteiger partial charge is 0.274 e. The van der Waals surface area contributed by atoms with E-state index in [9.17, 15) is 4.79 Å².